The van der Waals surface area contributed by atoms with Gasteiger partial charge in [-0.15, -0.1) is 11.8 Å². The summed E-state index contributed by atoms with van der Waals surface area (Å²) in [6.45, 7) is 6.06. The molecule has 0 aromatic heterocycles. The van der Waals surface area contributed by atoms with Crippen molar-refractivity contribution in [2.24, 2.45) is 5.41 Å². The molecule has 5 aromatic rings. The molecule has 75 heavy (non-hydrogen) atoms. The first kappa shape index (κ1) is 56.4. The summed E-state index contributed by atoms with van der Waals surface area (Å²) in [4.78, 5) is 87.1. The molecular formula is C59H69Cl2N7O6S. The zero-order chi connectivity index (χ0) is 53.2. The summed E-state index contributed by atoms with van der Waals surface area (Å²) in [5, 5.41) is 12.7. The second kappa shape index (κ2) is 27.4. The minimum Gasteiger partial charge on any atom is -0.356 e. The van der Waals surface area contributed by atoms with E-state index in [1.54, 1.807) is 44.7 Å². The summed E-state index contributed by atoms with van der Waals surface area (Å²) in [5.74, 6) is -0.657. The van der Waals surface area contributed by atoms with Crippen molar-refractivity contribution >= 4 is 70.5 Å². The number of rotatable bonds is 22. The van der Waals surface area contributed by atoms with Crippen molar-refractivity contribution in [3.8, 4) is 0 Å². The number of carbonyl (C=O) groups is 6. The fourth-order valence-electron chi connectivity index (χ4n) is 10.3. The molecule has 0 aliphatic carbocycles. The molecule has 2 aliphatic rings. The van der Waals surface area contributed by atoms with Crippen LogP contribution in [0.1, 0.15) is 80.2 Å². The smallest absolute Gasteiger partial charge is 0.318 e. The molecule has 2 fully saturated rings. The molecule has 0 bridgehead atoms. The standard InChI is InChI=1S/C59H69Cl2N7O6S/c1-3-62-56(73)58(40-44-20-9-4-10-21-44)31-19-33-68(42-58)55(72)51(39-45-29-30-49(60)50(61)38-45)65-57(74)67-36-34-66(35-37-67)53(70)28-17-8-18-32-63-54(71)52(64-43(2)69)41-75-59(46-22-11-5-12-23-46,47-24-13-6-14-25-47)48-26-15-7-16-27-48/h4-7,9-16,20-27,29-30,38,51-52H,3,8,17-19,28,31-37,39-42H2,1-2H3,(H,62,73)(H,63,71)(H,64,69)(H,65,74)/t51?,52?,58-/m0/s1. The van der Waals surface area contributed by atoms with Crippen LogP contribution in [0.3, 0.4) is 0 Å². The molecule has 0 radical (unpaired) electrons. The molecule has 0 spiro atoms. The Morgan fingerprint density at radius 1 is 0.640 bits per heavy atom. The SMILES string of the molecule is CCNC(=O)[C@]1(Cc2ccccc2)CCCN(C(=O)C(Cc2ccc(Cl)c(Cl)c2)NC(=O)N2CCN(C(=O)CCCCCNC(=O)C(CSC(c3ccccc3)(c3ccccc3)c3ccccc3)NC(C)=O)CC2)C1. The van der Waals surface area contributed by atoms with E-state index < -0.39 is 28.3 Å². The Bertz CT molecular complexity index is 2600. The van der Waals surface area contributed by atoms with E-state index in [4.69, 9.17) is 23.2 Å². The molecule has 3 atom stereocenters. The number of nitrogens with one attached hydrogen (secondary N) is 4. The first-order valence-electron chi connectivity index (χ1n) is 26.1. The molecule has 2 heterocycles. The molecular weight excluding hydrogens is 1010 g/mol. The van der Waals surface area contributed by atoms with Crippen LogP contribution in [0.5, 0.6) is 0 Å². The van der Waals surface area contributed by atoms with E-state index in [1.807, 2.05) is 91.9 Å². The largest absolute Gasteiger partial charge is 0.356 e. The summed E-state index contributed by atoms with van der Waals surface area (Å²) < 4.78 is -0.661. The van der Waals surface area contributed by atoms with Crippen molar-refractivity contribution in [2.45, 2.75) is 82.0 Å². The molecule has 2 aliphatic heterocycles. The Hall–Kier alpha value is -6.35. The molecule has 396 valence electrons. The van der Waals surface area contributed by atoms with Crippen molar-refractivity contribution in [2.75, 3.05) is 58.1 Å². The van der Waals surface area contributed by atoms with E-state index >= 15 is 0 Å². The lowest BCUT2D eigenvalue weighted by Crippen LogP contribution is -2.60. The molecule has 5 aromatic carbocycles. The van der Waals surface area contributed by atoms with Crippen LogP contribution in [-0.2, 0) is 41.6 Å². The van der Waals surface area contributed by atoms with Crippen LogP contribution in [-0.4, -0.2) is 120 Å². The molecule has 4 N–H and O–H groups in total. The number of hydrogen-bond donors (Lipinski definition) is 4. The van der Waals surface area contributed by atoms with Crippen molar-refractivity contribution in [1.82, 2.24) is 36.0 Å². The maximum absolute atomic E-state index is 14.6. The zero-order valence-corrected chi connectivity index (χ0v) is 45.2. The number of hydrogen-bond acceptors (Lipinski definition) is 7. The highest BCUT2D eigenvalue weighted by Gasteiger charge is 2.45. The van der Waals surface area contributed by atoms with Gasteiger partial charge in [-0.05, 0) is 79.0 Å². The minimum absolute atomic E-state index is 0.00978. The van der Waals surface area contributed by atoms with Crippen LogP contribution in [0.25, 0.3) is 0 Å². The molecule has 16 heteroatoms. The minimum atomic E-state index is -0.963. The second-order valence-electron chi connectivity index (χ2n) is 19.4. The summed E-state index contributed by atoms with van der Waals surface area (Å²) in [6.07, 6.45) is 4.16. The van der Waals surface area contributed by atoms with Gasteiger partial charge in [0.25, 0.3) is 0 Å². The lowest BCUT2D eigenvalue weighted by molar-refractivity contribution is -0.143. The number of amides is 7. The van der Waals surface area contributed by atoms with Gasteiger partial charge in [0.15, 0.2) is 0 Å². The highest BCUT2D eigenvalue weighted by molar-refractivity contribution is 8.00. The van der Waals surface area contributed by atoms with Crippen LogP contribution in [0, 0.1) is 5.41 Å². The first-order valence-corrected chi connectivity index (χ1v) is 27.8. The van der Waals surface area contributed by atoms with E-state index in [-0.39, 0.29) is 55.6 Å². The van der Waals surface area contributed by atoms with Gasteiger partial charge in [-0.2, -0.15) is 0 Å². The van der Waals surface area contributed by atoms with Gasteiger partial charge in [0, 0.05) is 77.9 Å². The Kier molecular flexibility index (Phi) is 20.6. The van der Waals surface area contributed by atoms with Crippen LogP contribution >= 0.6 is 35.0 Å². The number of piperidine rings is 1. The van der Waals surface area contributed by atoms with Gasteiger partial charge < -0.3 is 36.0 Å². The van der Waals surface area contributed by atoms with Crippen LogP contribution < -0.4 is 21.3 Å². The first-order chi connectivity index (χ1) is 36.3. The summed E-state index contributed by atoms with van der Waals surface area (Å²) in [5.41, 5.74) is 4.05. The number of carbonyl (C=O) groups excluding carboxylic acids is 6. The molecule has 2 saturated heterocycles. The highest BCUT2D eigenvalue weighted by Crippen LogP contribution is 2.48. The summed E-state index contributed by atoms with van der Waals surface area (Å²) >= 11 is 14.3. The third-order valence-corrected chi connectivity index (χ3v) is 16.5. The van der Waals surface area contributed by atoms with Gasteiger partial charge in [0.2, 0.25) is 29.5 Å². The zero-order valence-electron chi connectivity index (χ0n) is 42.9. The average molecular weight is 1080 g/mol. The van der Waals surface area contributed by atoms with Crippen LogP contribution in [0.15, 0.2) is 140 Å². The van der Waals surface area contributed by atoms with E-state index in [9.17, 15) is 28.8 Å². The number of benzene rings is 5. The Labute approximate surface area is 455 Å². The quantitative estimate of drug-likeness (QED) is 0.0399. The number of unbranched alkanes of at least 4 members (excludes halogenated alkanes) is 2. The van der Waals surface area contributed by atoms with E-state index in [0.29, 0.717) is 99.0 Å². The van der Waals surface area contributed by atoms with Crippen molar-refractivity contribution < 1.29 is 28.8 Å². The topological polar surface area (TPSA) is 160 Å². The van der Waals surface area contributed by atoms with Crippen molar-refractivity contribution in [3.63, 3.8) is 0 Å². The molecule has 7 amide bonds. The molecule has 0 saturated carbocycles. The van der Waals surface area contributed by atoms with E-state index in [1.165, 1.54) is 6.92 Å². The summed E-state index contributed by atoms with van der Waals surface area (Å²) in [7, 11) is 0. The number of likely N-dealkylation sites (tertiary alicyclic amines) is 1. The third-order valence-electron chi connectivity index (χ3n) is 14.1. The van der Waals surface area contributed by atoms with E-state index in [0.717, 1.165) is 22.3 Å². The Balaban J connectivity index is 0.900. The fourth-order valence-corrected chi connectivity index (χ4v) is 12.1. The maximum atomic E-state index is 14.6. The Morgan fingerprint density at radius 2 is 1.23 bits per heavy atom. The normalized spacial score (nSPS) is 16.6. The number of piperazine rings is 1. The van der Waals surface area contributed by atoms with Gasteiger partial charge in [0.1, 0.15) is 12.1 Å². The highest BCUT2D eigenvalue weighted by atomic mass is 35.5. The lowest BCUT2D eigenvalue weighted by Gasteiger charge is -2.43. The van der Waals surface area contributed by atoms with Crippen molar-refractivity contribution in [1.29, 1.82) is 0 Å². The van der Waals surface area contributed by atoms with Crippen molar-refractivity contribution in [3.05, 3.63) is 177 Å². The molecule has 2 unspecified atom stereocenters. The summed E-state index contributed by atoms with van der Waals surface area (Å²) in [6, 6.07) is 43.4. The lowest BCUT2D eigenvalue weighted by atomic mass is 9.74. The van der Waals surface area contributed by atoms with Gasteiger partial charge in [-0.25, -0.2) is 4.79 Å². The van der Waals surface area contributed by atoms with Gasteiger partial charge in [-0.3, -0.25) is 24.0 Å². The van der Waals surface area contributed by atoms with Crippen LogP contribution in [0.4, 0.5) is 4.79 Å². The average Bonchev–Trinajstić information content (AvgIpc) is 3.43. The fraction of sp³-hybridized carbons (Fsp3) is 0.390. The molecule has 13 nitrogen and oxygen atoms in total. The monoisotopic (exact) mass is 1070 g/mol. The van der Waals surface area contributed by atoms with Crippen LogP contribution in [0.2, 0.25) is 10.0 Å². The number of urea groups is 1. The maximum Gasteiger partial charge on any atom is 0.318 e. The second-order valence-corrected chi connectivity index (χ2v) is 21.5. The number of halogens is 2. The van der Waals surface area contributed by atoms with Gasteiger partial charge in [-0.1, -0.05) is 157 Å². The van der Waals surface area contributed by atoms with E-state index in [2.05, 4.69) is 57.7 Å². The van der Waals surface area contributed by atoms with Gasteiger partial charge in [0.05, 0.1) is 20.2 Å². The number of thioether (sulfide) groups is 1. The third kappa shape index (κ3) is 15.0. The predicted octanol–water partition coefficient (Wildman–Crippen LogP) is 8.65. The van der Waals surface area contributed by atoms with Gasteiger partial charge >= 0.3 is 6.03 Å². The number of nitrogens with zero attached hydrogens (tertiary/aromatic N) is 3. The molecule has 7 rings (SSSR count). The Morgan fingerprint density at radius 3 is 1.80 bits per heavy atom. The predicted molar refractivity (Wildman–Crippen MR) is 298 cm³/mol.